The first kappa shape index (κ1) is 22.1. The van der Waals surface area contributed by atoms with Crippen LogP contribution in [0.2, 0.25) is 5.02 Å². The molecule has 1 unspecified atom stereocenters. The highest BCUT2D eigenvalue weighted by Gasteiger charge is 2.20. The van der Waals surface area contributed by atoms with Gasteiger partial charge in [-0.25, -0.2) is 0 Å². The minimum atomic E-state index is -0.477. The Hall–Kier alpha value is -2.61. The fourth-order valence-corrected chi connectivity index (χ4v) is 3.25. The quantitative estimate of drug-likeness (QED) is 0.706. The first-order valence-corrected chi connectivity index (χ1v) is 10.3. The third-order valence-corrected chi connectivity index (χ3v) is 5.32. The number of anilines is 3. The summed E-state index contributed by atoms with van der Waals surface area (Å²) in [6.45, 7) is 5.05. The fraction of sp³-hybridized carbons (Fsp3) is 0.364. The summed E-state index contributed by atoms with van der Waals surface area (Å²) in [7, 11) is 1.74. The van der Waals surface area contributed by atoms with Crippen LogP contribution in [-0.2, 0) is 14.3 Å². The van der Waals surface area contributed by atoms with Crippen molar-refractivity contribution in [3.05, 3.63) is 53.6 Å². The number of carbonyl (C=O) groups is 2. The van der Waals surface area contributed by atoms with Crippen LogP contribution >= 0.6 is 11.6 Å². The van der Waals surface area contributed by atoms with E-state index in [0.29, 0.717) is 10.7 Å². The Morgan fingerprint density at radius 2 is 1.60 bits per heavy atom. The smallest absolute Gasteiger partial charge is 0.241 e. The van der Waals surface area contributed by atoms with Crippen molar-refractivity contribution in [2.75, 3.05) is 55.4 Å². The van der Waals surface area contributed by atoms with E-state index in [0.717, 1.165) is 37.7 Å². The highest BCUT2D eigenvalue weighted by molar-refractivity contribution is 6.30. The summed E-state index contributed by atoms with van der Waals surface area (Å²) in [5, 5.41) is 6.31. The van der Waals surface area contributed by atoms with Gasteiger partial charge >= 0.3 is 0 Å². The molecule has 1 aliphatic rings. The first-order chi connectivity index (χ1) is 14.4. The summed E-state index contributed by atoms with van der Waals surface area (Å²) in [6.07, 6.45) is 0. The van der Waals surface area contributed by atoms with Crippen LogP contribution in [0.25, 0.3) is 0 Å². The van der Waals surface area contributed by atoms with E-state index in [-0.39, 0.29) is 18.4 Å². The van der Waals surface area contributed by atoms with Gasteiger partial charge in [0.15, 0.2) is 0 Å². The van der Waals surface area contributed by atoms with Crippen LogP contribution in [0, 0.1) is 0 Å². The van der Waals surface area contributed by atoms with Crippen molar-refractivity contribution >= 4 is 40.5 Å². The molecule has 7 nitrogen and oxygen atoms in total. The van der Waals surface area contributed by atoms with Crippen LogP contribution in [0.5, 0.6) is 0 Å². The van der Waals surface area contributed by atoms with Crippen LogP contribution in [0.1, 0.15) is 6.92 Å². The van der Waals surface area contributed by atoms with E-state index in [9.17, 15) is 9.59 Å². The molecule has 0 radical (unpaired) electrons. The molecule has 1 saturated heterocycles. The van der Waals surface area contributed by atoms with Crippen molar-refractivity contribution in [2.45, 2.75) is 13.0 Å². The van der Waals surface area contributed by atoms with Gasteiger partial charge in [-0.1, -0.05) is 11.6 Å². The molecule has 0 aliphatic carbocycles. The number of rotatable bonds is 7. The Morgan fingerprint density at radius 3 is 2.23 bits per heavy atom. The van der Waals surface area contributed by atoms with Crippen molar-refractivity contribution in [1.82, 2.24) is 4.90 Å². The predicted octanol–water partition coefficient (Wildman–Crippen LogP) is 3.07. The van der Waals surface area contributed by atoms with Gasteiger partial charge in [-0.15, -0.1) is 0 Å². The predicted molar refractivity (Wildman–Crippen MR) is 120 cm³/mol. The minimum absolute atomic E-state index is 0.0976. The zero-order chi connectivity index (χ0) is 21.5. The molecule has 0 bridgehead atoms. The highest BCUT2D eigenvalue weighted by atomic mass is 35.5. The number of carbonyl (C=O) groups excluding carboxylic acids is 2. The maximum absolute atomic E-state index is 12.4. The third kappa shape index (κ3) is 6.19. The SMILES string of the molecule is CC(C(=O)Nc1ccc(Cl)cc1)N(C)CC(=O)Nc1ccc(N2CCOCC2)cc1. The molecule has 3 rings (SSSR count). The number of hydrogen-bond acceptors (Lipinski definition) is 5. The number of hydrogen-bond donors (Lipinski definition) is 2. The minimum Gasteiger partial charge on any atom is -0.378 e. The van der Waals surface area contributed by atoms with E-state index in [4.69, 9.17) is 16.3 Å². The van der Waals surface area contributed by atoms with Gasteiger partial charge < -0.3 is 20.3 Å². The number of halogens is 1. The second-order valence-electron chi connectivity index (χ2n) is 7.28. The maximum Gasteiger partial charge on any atom is 0.241 e. The molecule has 2 amide bonds. The summed E-state index contributed by atoms with van der Waals surface area (Å²) in [5.74, 6) is -0.370. The molecule has 2 aromatic carbocycles. The van der Waals surface area contributed by atoms with E-state index >= 15 is 0 Å². The topological polar surface area (TPSA) is 73.9 Å². The first-order valence-electron chi connectivity index (χ1n) is 9.91. The highest BCUT2D eigenvalue weighted by Crippen LogP contribution is 2.19. The van der Waals surface area contributed by atoms with E-state index in [1.807, 2.05) is 24.3 Å². The zero-order valence-electron chi connectivity index (χ0n) is 17.2. The van der Waals surface area contributed by atoms with Gasteiger partial charge in [0.25, 0.3) is 0 Å². The molecule has 0 aromatic heterocycles. The number of morpholine rings is 1. The lowest BCUT2D eigenvalue weighted by atomic mass is 10.2. The summed E-state index contributed by atoms with van der Waals surface area (Å²) >= 11 is 5.86. The number of likely N-dealkylation sites (N-methyl/N-ethyl adjacent to an activating group) is 1. The number of ether oxygens (including phenoxy) is 1. The van der Waals surface area contributed by atoms with Gasteiger partial charge in [-0.3, -0.25) is 14.5 Å². The number of benzene rings is 2. The zero-order valence-corrected chi connectivity index (χ0v) is 18.0. The molecule has 1 aliphatic heterocycles. The van der Waals surface area contributed by atoms with Gasteiger partial charge in [0.05, 0.1) is 25.8 Å². The van der Waals surface area contributed by atoms with Gasteiger partial charge in [0.1, 0.15) is 0 Å². The molecular weight excluding hydrogens is 404 g/mol. The van der Waals surface area contributed by atoms with E-state index < -0.39 is 6.04 Å². The normalized spacial score (nSPS) is 15.0. The largest absolute Gasteiger partial charge is 0.378 e. The molecule has 2 aromatic rings. The molecule has 30 heavy (non-hydrogen) atoms. The van der Waals surface area contributed by atoms with Crippen LogP contribution < -0.4 is 15.5 Å². The van der Waals surface area contributed by atoms with E-state index in [1.54, 1.807) is 43.1 Å². The van der Waals surface area contributed by atoms with Gasteiger partial charge in [0, 0.05) is 35.2 Å². The summed E-state index contributed by atoms with van der Waals surface area (Å²) < 4.78 is 5.37. The molecule has 2 N–H and O–H groups in total. The molecule has 160 valence electrons. The summed E-state index contributed by atoms with van der Waals surface area (Å²) in [4.78, 5) is 28.8. The molecule has 1 heterocycles. The van der Waals surface area contributed by atoms with Crippen molar-refractivity contribution in [3.8, 4) is 0 Å². The Labute approximate surface area is 181 Å². The van der Waals surface area contributed by atoms with Gasteiger partial charge in [0.2, 0.25) is 11.8 Å². The second kappa shape index (κ2) is 10.4. The molecule has 1 fully saturated rings. The molecule has 0 saturated carbocycles. The monoisotopic (exact) mass is 430 g/mol. The molecule has 8 heteroatoms. The Bertz CT molecular complexity index is 852. The van der Waals surface area contributed by atoms with Gasteiger partial charge in [-0.2, -0.15) is 0 Å². The Morgan fingerprint density at radius 1 is 1.03 bits per heavy atom. The van der Waals surface area contributed by atoms with Crippen molar-refractivity contribution in [3.63, 3.8) is 0 Å². The lowest BCUT2D eigenvalue weighted by Crippen LogP contribution is -2.43. The Kier molecular flexibility index (Phi) is 7.68. The second-order valence-corrected chi connectivity index (χ2v) is 7.72. The fourth-order valence-electron chi connectivity index (χ4n) is 3.12. The van der Waals surface area contributed by atoms with E-state index in [1.165, 1.54) is 0 Å². The van der Waals surface area contributed by atoms with Crippen LogP contribution in [0.4, 0.5) is 17.1 Å². The van der Waals surface area contributed by atoms with Crippen molar-refractivity contribution < 1.29 is 14.3 Å². The van der Waals surface area contributed by atoms with Crippen LogP contribution in [-0.4, -0.2) is 62.7 Å². The average molecular weight is 431 g/mol. The molecule has 0 spiro atoms. The van der Waals surface area contributed by atoms with Crippen LogP contribution in [0.3, 0.4) is 0 Å². The summed E-state index contributed by atoms with van der Waals surface area (Å²) in [6, 6.07) is 14.2. The maximum atomic E-state index is 12.4. The number of nitrogens with one attached hydrogen (secondary N) is 2. The van der Waals surface area contributed by atoms with Crippen molar-refractivity contribution in [1.29, 1.82) is 0 Å². The standard InChI is InChI=1S/C22H27ClN4O3/c1-16(22(29)25-19-5-3-17(23)4-6-19)26(2)15-21(28)24-18-7-9-20(10-8-18)27-11-13-30-14-12-27/h3-10,16H,11-15H2,1-2H3,(H,24,28)(H,25,29). The van der Waals surface area contributed by atoms with Crippen molar-refractivity contribution in [2.24, 2.45) is 0 Å². The number of nitrogens with zero attached hydrogens (tertiary/aromatic N) is 2. The number of amides is 2. The van der Waals surface area contributed by atoms with Gasteiger partial charge in [-0.05, 0) is 62.5 Å². The van der Waals surface area contributed by atoms with Crippen LogP contribution in [0.15, 0.2) is 48.5 Å². The summed E-state index contributed by atoms with van der Waals surface area (Å²) in [5.41, 5.74) is 2.50. The lowest BCUT2D eigenvalue weighted by molar-refractivity contribution is -0.122. The molecule has 1 atom stereocenters. The Balaban J connectivity index is 1.48. The van der Waals surface area contributed by atoms with E-state index in [2.05, 4.69) is 15.5 Å². The lowest BCUT2D eigenvalue weighted by Gasteiger charge is -2.29. The third-order valence-electron chi connectivity index (χ3n) is 5.07. The molecular formula is C22H27ClN4O3. The average Bonchev–Trinajstić information content (AvgIpc) is 2.75.